The summed E-state index contributed by atoms with van der Waals surface area (Å²) in [5, 5.41) is 4.98. The molecule has 0 radical (unpaired) electrons. The number of pyridine rings is 1. The Kier molecular flexibility index (Phi) is 4.57. The summed E-state index contributed by atoms with van der Waals surface area (Å²) in [6.45, 7) is 4.62. The smallest absolute Gasteiger partial charge is 0.312 e. The van der Waals surface area contributed by atoms with Gasteiger partial charge in [-0.2, -0.15) is 5.10 Å². The van der Waals surface area contributed by atoms with Crippen LogP contribution >= 0.6 is 0 Å². The number of esters is 1. The Balaban J connectivity index is 1.48. The van der Waals surface area contributed by atoms with Crippen molar-refractivity contribution < 1.29 is 9.53 Å². The second-order valence-corrected chi connectivity index (χ2v) is 8.50. The van der Waals surface area contributed by atoms with Gasteiger partial charge in [-0.3, -0.25) is 14.5 Å². The first-order valence-corrected chi connectivity index (χ1v) is 10.6. The largest absolute Gasteiger partial charge is 0.465 e. The summed E-state index contributed by atoms with van der Waals surface area (Å²) >= 11 is 0. The lowest BCUT2D eigenvalue weighted by Crippen LogP contribution is -2.32. The van der Waals surface area contributed by atoms with E-state index in [1.54, 1.807) is 6.20 Å². The standard InChI is InChI=1S/C24H26N4O2/c1-17-6-7-18(15-27(17)2)20-16-28(26-22(20)21-5-3-4-13-25-21)19-8-10-24(11-9-19)12-14-30-23(24)29/h3-7,13,15-16,19H,1,8-12,14H2,2H3. The van der Waals surface area contributed by atoms with E-state index in [9.17, 15) is 4.79 Å². The summed E-state index contributed by atoms with van der Waals surface area (Å²) in [7, 11) is 2.00. The van der Waals surface area contributed by atoms with Crippen molar-refractivity contribution in [3.8, 4) is 11.4 Å². The van der Waals surface area contributed by atoms with Crippen molar-refractivity contribution in [2.45, 2.75) is 38.1 Å². The molecule has 154 valence electrons. The number of carbonyl (C=O) groups is 1. The van der Waals surface area contributed by atoms with Crippen LogP contribution in [0.1, 0.15) is 43.7 Å². The first kappa shape index (κ1) is 18.9. The Hall–Kier alpha value is -3.15. The molecule has 0 amide bonds. The molecule has 2 aliphatic heterocycles. The second-order valence-electron chi connectivity index (χ2n) is 8.50. The third kappa shape index (κ3) is 3.16. The van der Waals surface area contributed by atoms with Crippen molar-refractivity contribution in [2.75, 3.05) is 13.7 Å². The van der Waals surface area contributed by atoms with Crippen molar-refractivity contribution in [1.29, 1.82) is 0 Å². The van der Waals surface area contributed by atoms with Gasteiger partial charge in [0.2, 0.25) is 0 Å². The zero-order chi connectivity index (χ0) is 20.7. The van der Waals surface area contributed by atoms with E-state index in [0.717, 1.165) is 60.3 Å². The Morgan fingerprint density at radius 3 is 2.70 bits per heavy atom. The molecule has 30 heavy (non-hydrogen) atoms. The summed E-state index contributed by atoms with van der Waals surface area (Å²) in [4.78, 5) is 18.8. The van der Waals surface area contributed by atoms with E-state index in [4.69, 9.17) is 9.84 Å². The Morgan fingerprint density at radius 2 is 2.03 bits per heavy atom. The Labute approximate surface area is 176 Å². The van der Waals surface area contributed by atoms with Crippen LogP contribution in [0.4, 0.5) is 0 Å². The lowest BCUT2D eigenvalue weighted by atomic mass is 9.71. The van der Waals surface area contributed by atoms with Crippen LogP contribution in [0, 0.1) is 5.41 Å². The molecule has 3 aliphatic rings. The summed E-state index contributed by atoms with van der Waals surface area (Å²) in [5.41, 5.74) is 4.58. The van der Waals surface area contributed by atoms with Crippen molar-refractivity contribution >= 4 is 11.5 Å². The highest BCUT2D eigenvalue weighted by Crippen LogP contribution is 2.47. The van der Waals surface area contributed by atoms with Gasteiger partial charge < -0.3 is 9.64 Å². The van der Waals surface area contributed by atoms with Gasteiger partial charge >= 0.3 is 5.97 Å². The topological polar surface area (TPSA) is 60.3 Å². The fourth-order valence-electron chi connectivity index (χ4n) is 4.75. The van der Waals surface area contributed by atoms with Crippen LogP contribution in [-0.4, -0.2) is 39.3 Å². The molecule has 2 aromatic heterocycles. The van der Waals surface area contributed by atoms with Gasteiger partial charge in [0.15, 0.2) is 0 Å². The number of allylic oxidation sites excluding steroid dienone is 3. The van der Waals surface area contributed by atoms with Crippen molar-refractivity contribution in [3.63, 3.8) is 0 Å². The molecular formula is C24H26N4O2. The fraction of sp³-hybridized carbons (Fsp3) is 0.375. The summed E-state index contributed by atoms with van der Waals surface area (Å²) in [5.74, 6) is -0.00274. The Morgan fingerprint density at radius 1 is 1.20 bits per heavy atom. The van der Waals surface area contributed by atoms with Gasteiger partial charge in [-0.25, -0.2) is 0 Å². The third-order valence-electron chi connectivity index (χ3n) is 6.72. The first-order valence-electron chi connectivity index (χ1n) is 10.6. The molecule has 1 saturated heterocycles. The van der Waals surface area contributed by atoms with Gasteiger partial charge in [0.25, 0.3) is 0 Å². The lowest BCUT2D eigenvalue weighted by molar-refractivity contribution is -0.148. The van der Waals surface area contributed by atoms with E-state index in [0.29, 0.717) is 6.61 Å². The number of hydrogen-bond donors (Lipinski definition) is 0. The van der Waals surface area contributed by atoms with E-state index >= 15 is 0 Å². The molecule has 5 rings (SSSR count). The van der Waals surface area contributed by atoms with E-state index < -0.39 is 0 Å². The zero-order valence-electron chi connectivity index (χ0n) is 17.3. The molecule has 2 fully saturated rings. The summed E-state index contributed by atoms with van der Waals surface area (Å²) in [6, 6.07) is 6.18. The highest BCUT2D eigenvalue weighted by atomic mass is 16.5. The van der Waals surface area contributed by atoms with Crippen LogP contribution in [0.15, 0.2) is 61.2 Å². The maximum absolute atomic E-state index is 12.2. The maximum Gasteiger partial charge on any atom is 0.312 e. The number of likely N-dealkylation sites (N-methyl/N-ethyl adjacent to an activating group) is 1. The van der Waals surface area contributed by atoms with Gasteiger partial charge in [0.05, 0.1) is 23.8 Å². The molecule has 1 aliphatic carbocycles. The number of nitrogens with zero attached hydrogens (tertiary/aromatic N) is 4. The predicted molar refractivity (Wildman–Crippen MR) is 115 cm³/mol. The molecule has 2 aromatic rings. The number of carbonyl (C=O) groups excluding carboxylic acids is 1. The maximum atomic E-state index is 12.2. The van der Waals surface area contributed by atoms with Gasteiger partial charge in [-0.15, -0.1) is 0 Å². The molecule has 0 N–H and O–H groups in total. The number of cyclic esters (lactones) is 1. The Bertz CT molecular complexity index is 1040. The van der Waals surface area contributed by atoms with Crippen LogP contribution in [0.25, 0.3) is 17.0 Å². The number of rotatable bonds is 3. The molecule has 1 saturated carbocycles. The summed E-state index contributed by atoms with van der Waals surface area (Å²) < 4.78 is 7.36. The van der Waals surface area contributed by atoms with Crippen LogP contribution < -0.4 is 0 Å². The number of hydrogen-bond acceptors (Lipinski definition) is 5. The highest BCUT2D eigenvalue weighted by molar-refractivity contribution is 5.83. The quantitative estimate of drug-likeness (QED) is 0.715. The van der Waals surface area contributed by atoms with E-state index in [2.05, 4.69) is 34.7 Å². The third-order valence-corrected chi connectivity index (χ3v) is 6.72. The van der Waals surface area contributed by atoms with Crippen LogP contribution in [0.3, 0.4) is 0 Å². The minimum atomic E-state index is -0.256. The molecule has 1 spiro atoms. The molecule has 0 unspecified atom stereocenters. The van der Waals surface area contributed by atoms with Crippen LogP contribution in [0.2, 0.25) is 0 Å². The fourth-order valence-corrected chi connectivity index (χ4v) is 4.75. The second kappa shape index (κ2) is 7.27. The summed E-state index contributed by atoms with van der Waals surface area (Å²) in [6.07, 6.45) is 14.6. The number of ether oxygens (including phenoxy) is 1. The lowest BCUT2D eigenvalue weighted by Gasteiger charge is -2.33. The van der Waals surface area contributed by atoms with Crippen molar-refractivity contribution in [1.82, 2.24) is 19.7 Å². The first-order chi connectivity index (χ1) is 14.6. The SMILES string of the molecule is C=C1C=CC(c2cn(C3CCC4(CCOC4=O)CC3)nc2-c2ccccn2)=CN1C. The predicted octanol–water partition coefficient (Wildman–Crippen LogP) is 4.35. The van der Waals surface area contributed by atoms with Gasteiger partial charge in [0.1, 0.15) is 5.69 Å². The van der Waals surface area contributed by atoms with Gasteiger partial charge in [-0.05, 0) is 50.3 Å². The molecule has 4 heterocycles. The highest BCUT2D eigenvalue weighted by Gasteiger charge is 2.47. The average Bonchev–Trinajstić information content (AvgIpc) is 3.36. The van der Waals surface area contributed by atoms with Gasteiger partial charge in [0, 0.05) is 42.5 Å². The monoisotopic (exact) mass is 402 g/mol. The molecule has 6 nitrogen and oxygen atoms in total. The van der Waals surface area contributed by atoms with Crippen molar-refractivity contribution in [3.05, 3.63) is 66.8 Å². The molecule has 0 atom stereocenters. The molecular weight excluding hydrogens is 376 g/mol. The number of aromatic nitrogens is 3. The minimum Gasteiger partial charge on any atom is -0.465 e. The minimum absolute atomic E-state index is 0.00274. The normalized spacial score (nSPS) is 26.2. The molecule has 6 heteroatoms. The van der Waals surface area contributed by atoms with E-state index in [-0.39, 0.29) is 17.4 Å². The van der Waals surface area contributed by atoms with E-state index in [1.807, 2.05) is 36.2 Å². The van der Waals surface area contributed by atoms with Crippen LogP contribution in [-0.2, 0) is 9.53 Å². The zero-order valence-corrected chi connectivity index (χ0v) is 17.3. The molecule has 0 bridgehead atoms. The molecule has 0 aromatic carbocycles. The average molecular weight is 402 g/mol. The van der Waals surface area contributed by atoms with Gasteiger partial charge in [-0.1, -0.05) is 18.7 Å². The van der Waals surface area contributed by atoms with E-state index in [1.165, 1.54) is 0 Å². The van der Waals surface area contributed by atoms with Crippen molar-refractivity contribution in [2.24, 2.45) is 5.41 Å². The van der Waals surface area contributed by atoms with Crippen LogP contribution in [0.5, 0.6) is 0 Å².